The van der Waals surface area contributed by atoms with Crippen molar-refractivity contribution < 1.29 is 9.58 Å². The van der Waals surface area contributed by atoms with Crippen LogP contribution in [0.4, 0.5) is 0 Å². The summed E-state index contributed by atoms with van der Waals surface area (Å²) < 4.78 is 0. The van der Waals surface area contributed by atoms with E-state index >= 15 is 0 Å². The lowest BCUT2D eigenvalue weighted by atomic mass is 10.1. The van der Waals surface area contributed by atoms with Crippen molar-refractivity contribution in [2.75, 3.05) is 0 Å². The number of hydrogen-bond donors (Lipinski definition) is 0. The second-order valence-corrected chi connectivity index (χ2v) is 4.64. The highest BCUT2D eigenvalue weighted by atomic mass is 32.2. The molecule has 3 nitrogen and oxygen atoms in total. The molecule has 2 rings (SSSR count). The van der Waals surface area contributed by atoms with E-state index in [4.69, 9.17) is 5.53 Å². The Kier molecular flexibility index (Phi) is 4.07. The lowest BCUT2D eigenvalue weighted by molar-refractivity contribution is 0.00232. The van der Waals surface area contributed by atoms with E-state index in [1.807, 2.05) is 42.5 Å². The Labute approximate surface area is 109 Å². The Morgan fingerprint density at radius 2 is 1.72 bits per heavy atom. The maximum Gasteiger partial charge on any atom is 0.328 e. The van der Waals surface area contributed by atoms with Crippen LogP contribution in [0.3, 0.4) is 0 Å². The van der Waals surface area contributed by atoms with E-state index in [0.717, 1.165) is 16.0 Å². The molecule has 4 heteroatoms. The highest BCUT2D eigenvalue weighted by Gasteiger charge is 2.12. The zero-order valence-corrected chi connectivity index (χ0v) is 10.3. The molecule has 0 N–H and O–H groups in total. The average Bonchev–Trinajstić information content (AvgIpc) is 2.41. The summed E-state index contributed by atoms with van der Waals surface area (Å²) in [4.78, 5) is 16.4. The molecule has 88 valence electrons. The van der Waals surface area contributed by atoms with Crippen LogP contribution in [0, 0.1) is 0 Å². The van der Waals surface area contributed by atoms with Gasteiger partial charge in [0.25, 0.3) is 5.78 Å². The molecule has 0 aliphatic carbocycles. The van der Waals surface area contributed by atoms with Crippen LogP contribution in [0.25, 0.3) is 5.53 Å². The Bertz CT molecular complexity index is 604. The Hall–Kier alpha value is -2.16. The van der Waals surface area contributed by atoms with E-state index in [2.05, 4.69) is 4.79 Å². The normalized spacial score (nSPS) is 9.56. The third-order valence-corrected chi connectivity index (χ3v) is 3.38. The number of carbonyl (C=O) groups excluding carboxylic acids is 1. The molecule has 2 aromatic rings. The van der Waals surface area contributed by atoms with Gasteiger partial charge in [-0.1, -0.05) is 42.1 Å². The van der Waals surface area contributed by atoms with Crippen LogP contribution in [-0.4, -0.2) is 16.8 Å². The second-order valence-electron chi connectivity index (χ2n) is 3.52. The Morgan fingerprint density at radius 3 is 2.44 bits per heavy atom. The fourth-order valence-electron chi connectivity index (χ4n) is 1.50. The maximum absolute atomic E-state index is 11.7. The van der Waals surface area contributed by atoms with Crippen molar-refractivity contribution in [1.82, 2.24) is 0 Å². The molecule has 0 aliphatic rings. The molecule has 0 saturated carbocycles. The number of nitrogens with zero attached hydrogens (tertiary/aromatic N) is 2. The molecule has 0 atom stereocenters. The van der Waals surface area contributed by atoms with Gasteiger partial charge in [-0.3, -0.25) is 4.79 Å². The summed E-state index contributed by atoms with van der Waals surface area (Å²) in [7, 11) is 0. The van der Waals surface area contributed by atoms with Gasteiger partial charge >= 0.3 is 6.21 Å². The first-order chi connectivity index (χ1) is 8.81. The first-order valence-electron chi connectivity index (χ1n) is 5.35. The number of benzene rings is 2. The van der Waals surface area contributed by atoms with Gasteiger partial charge < -0.3 is 5.53 Å². The minimum Gasteiger partial charge on any atom is -0.361 e. The summed E-state index contributed by atoms with van der Waals surface area (Å²) >= 11 is 1.50. The fourth-order valence-corrected chi connectivity index (χ4v) is 2.47. The summed E-state index contributed by atoms with van der Waals surface area (Å²) in [5.41, 5.74) is 8.95. The maximum atomic E-state index is 11.7. The Balaban J connectivity index is 2.34. The first-order valence-corrected chi connectivity index (χ1v) is 6.16. The van der Waals surface area contributed by atoms with Crippen LogP contribution in [0.15, 0.2) is 64.4 Å². The van der Waals surface area contributed by atoms with Gasteiger partial charge in [0.15, 0.2) is 0 Å². The zero-order chi connectivity index (χ0) is 12.8. The molecule has 18 heavy (non-hydrogen) atoms. The van der Waals surface area contributed by atoms with Crippen molar-refractivity contribution in [3.05, 3.63) is 65.7 Å². The molecule has 0 heterocycles. The molecule has 0 unspecified atom stereocenters. The van der Waals surface area contributed by atoms with Crippen molar-refractivity contribution in [2.24, 2.45) is 0 Å². The second kappa shape index (κ2) is 5.96. The summed E-state index contributed by atoms with van der Waals surface area (Å²) in [6.07, 6.45) is 0.907. The monoisotopic (exact) mass is 254 g/mol. The van der Waals surface area contributed by atoms with E-state index < -0.39 is 0 Å². The smallest absolute Gasteiger partial charge is 0.328 e. The molecule has 2 aromatic carbocycles. The van der Waals surface area contributed by atoms with Crippen molar-refractivity contribution >= 4 is 23.8 Å². The third-order valence-electron chi connectivity index (χ3n) is 2.30. The van der Waals surface area contributed by atoms with Crippen LogP contribution >= 0.6 is 11.8 Å². The van der Waals surface area contributed by atoms with E-state index in [9.17, 15) is 4.79 Å². The first kappa shape index (κ1) is 12.3. The molecule has 0 aliphatic heterocycles. The lowest BCUT2D eigenvalue weighted by Gasteiger charge is -2.04. The molecule has 0 saturated heterocycles. The quantitative estimate of drug-likeness (QED) is 0.364. The van der Waals surface area contributed by atoms with Gasteiger partial charge in [-0.25, -0.2) is 0 Å². The van der Waals surface area contributed by atoms with Gasteiger partial charge in [-0.15, -0.1) is 0 Å². The van der Waals surface area contributed by atoms with Gasteiger partial charge in [0.1, 0.15) is 0 Å². The summed E-state index contributed by atoms with van der Waals surface area (Å²) in [5.74, 6) is -0.309. The van der Waals surface area contributed by atoms with Crippen molar-refractivity contribution in [3.8, 4) is 0 Å². The Morgan fingerprint density at radius 1 is 1.06 bits per heavy atom. The summed E-state index contributed by atoms with van der Waals surface area (Å²) in [6.45, 7) is 0. The van der Waals surface area contributed by atoms with Crippen molar-refractivity contribution in [3.63, 3.8) is 0 Å². The van der Waals surface area contributed by atoms with Crippen LogP contribution in [0.2, 0.25) is 0 Å². The van der Waals surface area contributed by atoms with Crippen molar-refractivity contribution in [2.45, 2.75) is 9.79 Å². The molecule has 0 aromatic heterocycles. The minimum atomic E-state index is -0.309. The van der Waals surface area contributed by atoms with Gasteiger partial charge in [0, 0.05) is 15.4 Å². The largest absolute Gasteiger partial charge is 0.361 e. The molecule has 0 spiro atoms. The molecule has 0 bridgehead atoms. The average molecular weight is 254 g/mol. The predicted molar refractivity (Wildman–Crippen MR) is 71.0 cm³/mol. The molecule has 0 amide bonds. The lowest BCUT2D eigenvalue weighted by Crippen LogP contribution is -2.02. The number of rotatable bonds is 4. The fraction of sp³-hybridized carbons (Fsp3) is 0. The standard InChI is InChI=1S/C14H10N2OS/c15-16-10-13(17)12-8-4-5-9-14(12)18-11-6-2-1-3-7-11/h1-10H. The van der Waals surface area contributed by atoms with E-state index in [1.54, 1.807) is 12.1 Å². The van der Waals surface area contributed by atoms with Crippen LogP contribution < -0.4 is 0 Å². The van der Waals surface area contributed by atoms with Crippen LogP contribution in [0.5, 0.6) is 0 Å². The highest BCUT2D eigenvalue weighted by Crippen LogP contribution is 2.30. The van der Waals surface area contributed by atoms with Crippen LogP contribution in [0.1, 0.15) is 10.4 Å². The summed E-state index contributed by atoms with van der Waals surface area (Å²) in [5, 5.41) is 0. The number of ketones is 1. The molecule has 0 fully saturated rings. The molecular formula is C14H10N2OS. The predicted octanol–water partition coefficient (Wildman–Crippen LogP) is 3.32. The van der Waals surface area contributed by atoms with Crippen LogP contribution in [-0.2, 0) is 0 Å². The topological polar surface area (TPSA) is 53.5 Å². The third kappa shape index (κ3) is 2.94. The van der Waals surface area contributed by atoms with Gasteiger partial charge in [-0.2, -0.15) is 4.79 Å². The number of hydrogen-bond acceptors (Lipinski definition) is 2. The summed E-state index contributed by atoms with van der Waals surface area (Å²) in [6, 6.07) is 17.0. The zero-order valence-electron chi connectivity index (χ0n) is 9.48. The number of Topliss-reactive ketones (excluding diaryl/α,β-unsaturated/α-hetero) is 1. The van der Waals surface area contributed by atoms with Crippen molar-refractivity contribution in [1.29, 1.82) is 0 Å². The number of carbonyl (C=O) groups is 1. The van der Waals surface area contributed by atoms with Gasteiger partial charge in [-0.05, 0) is 24.3 Å². The SMILES string of the molecule is [N-]=[N+]=CC(=O)c1ccccc1Sc1ccccc1. The highest BCUT2D eigenvalue weighted by molar-refractivity contribution is 7.99. The van der Waals surface area contributed by atoms with E-state index in [-0.39, 0.29) is 5.78 Å². The van der Waals surface area contributed by atoms with Gasteiger partial charge in [0.05, 0.1) is 0 Å². The van der Waals surface area contributed by atoms with E-state index in [0.29, 0.717) is 5.56 Å². The van der Waals surface area contributed by atoms with Gasteiger partial charge in [0.2, 0.25) is 0 Å². The molecule has 0 radical (unpaired) electrons. The van der Waals surface area contributed by atoms with E-state index in [1.165, 1.54) is 11.8 Å². The molecular weight excluding hydrogens is 244 g/mol. The minimum absolute atomic E-state index is 0.309.